The van der Waals surface area contributed by atoms with Crippen LogP contribution in [0.5, 0.6) is 11.5 Å². The van der Waals surface area contributed by atoms with E-state index in [4.69, 9.17) is 25.8 Å². The van der Waals surface area contributed by atoms with E-state index in [1.54, 1.807) is 12.1 Å². The first-order chi connectivity index (χ1) is 10.2. The van der Waals surface area contributed by atoms with Gasteiger partial charge in [-0.25, -0.2) is 4.79 Å². The standard InChI is InChI=1S/C14H17ClN2O4/c1-19-14(18)12(17-4-2-16-3-5-17)9-6-10(15)13-11(7-9)20-8-21-13/h6-7,12,16H,2-5,8H2,1H3. The number of carbonyl (C=O) groups is 1. The van der Waals surface area contributed by atoms with Gasteiger partial charge < -0.3 is 19.5 Å². The van der Waals surface area contributed by atoms with Crippen molar-refractivity contribution in [2.75, 3.05) is 40.1 Å². The number of hydrogen-bond donors (Lipinski definition) is 1. The van der Waals surface area contributed by atoms with E-state index in [0.717, 1.165) is 31.7 Å². The molecule has 1 atom stereocenters. The van der Waals surface area contributed by atoms with E-state index < -0.39 is 6.04 Å². The maximum Gasteiger partial charge on any atom is 0.327 e. The van der Waals surface area contributed by atoms with Crippen molar-refractivity contribution in [2.24, 2.45) is 0 Å². The lowest BCUT2D eigenvalue weighted by Gasteiger charge is -2.33. The summed E-state index contributed by atoms with van der Waals surface area (Å²) >= 11 is 6.22. The summed E-state index contributed by atoms with van der Waals surface area (Å²) in [5.74, 6) is 0.803. The molecule has 0 amide bonds. The van der Waals surface area contributed by atoms with Crippen LogP contribution >= 0.6 is 11.6 Å². The van der Waals surface area contributed by atoms with Crippen LogP contribution in [0, 0.1) is 0 Å². The molecule has 0 aromatic heterocycles. The van der Waals surface area contributed by atoms with Gasteiger partial charge in [0.2, 0.25) is 6.79 Å². The van der Waals surface area contributed by atoms with Gasteiger partial charge in [-0.1, -0.05) is 11.6 Å². The van der Waals surface area contributed by atoms with Crippen molar-refractivity contribution < 1.29 is 19.0 Å². The Kier molecular flexibility index (Phi) is 4.19. The summed E-state index contributed by atoms with van der Waals surface area (Å²) in [6.07, 6.45) is 0. The second kappa shape index (κ2) is 6.09. The van der Waals surface area contributed by atoms with E-state index in [-0.39, 0.29) is 12.8 Å². The molecule has 3 rings (SSSR count). The molecular weight excluding hydrogens is 296 g/mol. The van der Waals surface area contributed by atoms with Crippen molar-refractivity contribution in [3.63, 3.8) is 0 Å². The van der Waals surface area contributed by atoms with Gasteiger partial charge >= 0.3 is 5.97 Å². The zero-order valence-electron chi connectivity index (χ0n) is 11.7. The summed E-state index contributed by atoms with van der Waals surface area (Å²) in [6.45, 7) is 3.37. The highest BCUT2D eigenvalue weighted by Crippen LogP contribution is 2.42. The fraction of sp³-hybridized carbons (Fsp3) is 0.500. The van der Waals surface area contributed by atoms with Gasteiger partial charge in [0, 0.05) is 26.2 Å². The normalized spacial score (nSPS) is 19.3. The molecule has 0 saturated carbocycles. The minimum atomic E-state index is -0.482. The molecule has 21 heavy (non-hydrogen) atoms. The maximum absolute atomic E-state index is 12.2. The van der Waals surface area contributed by atoms with Crippen LogP contribution in [0.4, 0.5) is 0 Å². The Labute approximate surface area is 127 Å². The molecule has 1 aromatic carbocycles. The molecule has 1 aromatic rings. The van der Waals surface area contributed by atoms with Crippen LogP contribution in [-0.4, -0.2) is 51.0 Å². The number of esters is 1. The number of benzene rings is 1. The minimum absolute atomic E-state index is 0.148. The average Bonchev–Trinajstić information content (AvgIpc) is 2.97. The molecule has 7 heteroatoms. The molecule has 1 unspecified atom stereocenters. The third-order valence-electron chi connectivity index (χ3n) is 3.71. The summed E-state index contributed by atoms with van der Waals surface area (Å²) in [7, 11) is 1.39. The average molecular weight is 313 g/mol. The summed E-state index contributed by atoms with van der Waals surface area (Å²) in [4.78, 5) is 14.3. The van der Waals surface area contributed by atoms with Gasteiger partial charge in [-0.05, 0) is 17.7 Å². The second-order valence-corrected chi connectivity index (χ2v) is 5.36. The summed E-state index contributed by atoms with van der Waals surface area (Å²) < 4.78 is 15.6. The number of piperazine rings is 1. The monoisotopic (exact) mass is 312 g/mol. The number of halogens is 1. The van der Waals surface area contributed by atoms with Crippen LogP contribution in [0.15, 0.2) is 12.1 Å². The molecule has 2 heterocycles. The van der Waals surface area contributed by atoms with Crippen LogP contribution < -0.4 is 14.8 Å². The zero-order chi connectivity index (χ0) is 14.8. The van der Waals surface area contributed by atoms with Crippen molar-refractivity contribution in [3.05, 3.63) is 22.7 Å². The third-order valence-corrected chi connectivity index (χ3v) is 3.99. The quantitative estimate of drug-likeness (QED) is 0.846. The SMILES string of the molecule is COC(=O)C(c1cc(Cl)c2c(c1)OCO2)N1CCNCC1. The number of nitrogens with zero attached hydrogens (tertiary/aromatic N) is 1. The number of hydrogen-bond acceptors (Lipinski definition) is 6. The van der Waals surface area contributed by atoms with E-state index in [9.17, 15) is 4.79 Å². The molecular formula is C14H17ClN2O4. The molecule has 114 valence electrons. The maximum atomic E-state index is 12.2. The topological polar surface area (TPSA) is 60.0 Å². The number of methoxy groups -OCH3 is 1. The van der Waals surface area contributed by atoms with Crippen LogP contribution in [0.3, 0.4) is 0 Å². The van der Waals surface area contributed by atoms with Crippen LogP contribution in [0.1, 0.15) is 11.6 Å². The molecule has 2 aliphatic heterocycles. The lowest BCUT2D eigenvalue weighted by atomic mass is 10.0. The molecule has 0 radical (unpaired) electrons. The van der Waals surface area contributed by atoms with Gasteiger partial charge in [-0.3, -0.25) is 4.90 Å². The minimum Gasteiger partial charge on any atom is -0.468 e. The molecule has 2 aliphatic rings. The first kappa shape index (κ1) is 14.4. The zero-order valence-corrected chi connectivity index (χ0v) is 12.5. The summed E-state index contributed by atoms with van der Waals surface area (Å²) in [6, 6.07) is 3.07. The fourth-order valence-electron chi connectivity index (χ4n) is 2.69. The predicted molar refractivity (Wildman–Crippen MR) is 76.8 cm³/mol. The lowest BCUT2D eigenvalue weighted by Crippen LogP contribution is -2.47. The summed E-state index contributed by atoms with van der Waals surface area (Å²) in [5.41, 5.74) is 0.762. The van der Waals surface area contributed by atoms with Gasteiger partial charge in [-0.2, -0.15) is 0 Å². The van der Waals surface area contributed by atoms with Crippen molar-refractivity contribution in [1.82, 2.24) is 10.2 Å². The molecule has 0 spiro atoms. The van der Waals surface area contributed by atoms with E-state index >= 15 is 0 Å². The molecule has 1 N–H and O–H groups in total. The fourth-order valence-corrected chi connectivity index (χ4v) is 2.97. The van der Waals surface area contributed by atoms with Crippen molar-refractivity contribution in [3.8, 4) is 11.5 Å². The van der Waals surface area contributed by atoms with Gasteiger partial charge in [-0.15, -0.1) is 0 Å². The van der Waals surface area contributed by atoms with Crippen molar-refractivity contribution >= 4 is 17.6 Å². The predicted octanol–water partition coefficient (Wildman–Crippen LogP) is 1.19. The van der Waals surface area contributed by atoms with E-state index in [1.807, 2.05) is 0 Å². The molecule has 0 aliphatic carbocycles. The third kappa shape index (κ3) is 2.79. The van der Waals surface area contributed by atoms with Crippen LogP contribution in [0.2, 0.25) is 5.02 Å². The molecule has 1 saturated heterocycles. The number of carbonyl (C=O) groups excluding carboxylic acids is 1. The van der Waals surface area contributed by atoms with Crippen molar-refractivity contribution in [2.45, 2.75) is 6.04 Å². The Morgan fingerprint density at radius 1 is 1.38 bits per heavy atom. The Balaban J connectivity index is 1.96. The number of nitrogens with one attached hydrogen (secondary N) is 1. The number of rotatable bonds is 3. The Bertz CT molecular complexity index is 546. The largest absolute Gasteiger partial charge is 0.468 e. The first-order valence-electron chi connectivity index (χ1n) is 6.82. The van der Waals surface area contributed by atoms with Crippen LogP contribution in [0.25, 0.3) is 0 Å². The Hall–Kier alpha value is -1.50. The molecule has 1 fully saturated rings. The van der Waals surface area contributed by atoms with Gasteiger partial charge in [0.05, 0.1) is 12.1 Å². The Morgan fingerprint density at radius 3 is 2.86 bits per heavy atom. The van der Waals surface area contributed by atoms with E-state index in [2.05, 4.69) is 10.2 Å². The second-order valence-electron chi connectivity index (χ2n) is 4.95. The smallest absolute Gasteiger partial charge is 0.327 e. The first-order valence-corrected chi connectivity index (χ1v) is 7.20. The number of fused-ring (bicyclic) bond motifs is 1. The van der Waals surface area contributed by atoms with E-state index in [0.29, 0.717) is 16.5 Å². The highest BCUT2D eigenvalue weighted by molar-refractivity contribution is 6.32. The highest BCUT2D eigenvalue weighted by atomic mass is 35.5. The van der Waals surface area contributed by atoms with Gasteiger partial charge in [0.25, 0.3) is 0 Å². The Morgan fingerprint density at radius 2 is 2.14 bits per heavy atom. The van der Waals surface area contributed by atoms with E-state index in [1.165, 1.54) is 7.11 Å². The van der Waals surface area contributed by atoms with Crippen molar-refractivity contribution in [1.29, 1.82) is 0 Å². The lowest BCUT2D eigenvalue weighted by molar-refractivity contribution is -0.147. The van der Waals surface area contributed by atoms with Gasteiger partial charge in [0.1, 0.15) is 6.04 Å². The summed E-state index contributed by atoms with van der Waals surface area (Å²) in [5, 5.41) is 3.71. The molecule has 0 bridgehead atoms. The highest BCUT2D eigenvalue weighted by Gasteiger charge is 2.32. The number of ether oxygens (including phenoxy) is 3. The van der Waals surface area contributed by atoms with Gasteiger partial charge in [0.15, 0.2) is 11.5 Å². The van der Waals surface area contributed by atoms with Crippen LogP contribution in [-0.2, 0) is 9.53 Å². The molecule has 6 nitrogen and oxygen atoms in total.